The Kier molecular flexibility index (Phi) is 11.9. The molecule has 3 aliphatic rings. The van der Waals surface area contributed by atoms with Crippen LogP contribution in [0.25, 0.3) is 64.6 Å². The van der Waals surface area contributed by atoms with Crippen molar-refractivity contribution in [3.63, 3.8) is 0 Å². The minimum atomic E-state index is -0.263. The lowest BCUT2D eigenvalue weighted by atomic mass is 9.89. The van der Waals surface area contributed by atoms with E-state index in [2.05, 4.69) is 10.6 Å². The van der Waals surface area contributed by atoms with Crippen molar-refractivity contribution in [3.05, 3.63) is 179 Å². The van der Waals surface area contributed by atoms with Gasteiger partial charge in [-0.1, -0.05) is 109 Å². The number of hydrogen-bond acceptors (Lipinski definition) is 9. The van der Waals surface area contributed by atoms with Crippen LogP contribution >= 0.6 is 0 Å². The zero-order chi connectivity index (χ0) is 48.9. The van der Waals surface area contributed by atoms with Crippen molar-refractivity contribution in [2.75, 3.05) is 66.5 Å². The molecule has 352 valence electrons. The van der Waals surface area contributed by atoms with Crippen LogP contribution in [0.1, 0.15) is 68.6 Å². The maximum Gasteiger partial charge on any atom is 0.262 e. The number of nitrogens with zero attached hydrogens (tertiary/aromatic N) is 4. The van der Waals surface area contributed by atoms with Crippen molar-refractivity contribution in [1.82, 2.24) is 30.2 Å². The Bertz CT molecular complexity index is 3570. The number of nitrogens with one attached hydrogen (secondary N) is 2. The van der Waals surface area contributed by atoms with Crippen LogP contribution in [0.4, 0.5) is 0 Å². The number of carbonyl (C=O) groups is 6. The van der Waals surface area contributed by atoms with Crippen molar-refractivity contribution < 1.29 is 28.8 Å². The fourth-order valence-electron chi connectivity index (χ4n) is 10.6. The average Bonchev–Trinajstić information content (AvgIpc) is 3.38. The molecule has 0 saturated carbocycles. The molecule has 0 atom stereocenters. The maximum absolute atomic E-state index is 13.6. The van der Waals surface area contributed by atoms with Crippen LogP contribution in [0.2, 0.25) is 0 Å². The summed E-state index contributed by atoms with van der Waals surface area (Å²) in [6.07, 6.45) is 0.795. The Labute approximate surface area is 409 Å². The predicted molar refractivity (Wildman–Crippen MR) is 279 cm³/mol. The predicted octanol–water partition coefficient (Wildman–Crippen LogP) is 8.91. The second-order valence-corrected chi connectivity index (χ2v) is 18.6. The summed E-state index contributed by atoms with van der Waals surface area (Å²) in [4.78, 5) is 86.0. The van der Waals surface area contributed by atoms with Crippen LogP contribution in [0.3, 0.4) is 0 Å². The number of hydrogen-bond donors (Lipinski definition) is 2. The summed E-state index contributed by atoms with van der Waals surface area (Å²) >= 11 is 0. The van der Waals surface area contributed by atoms with Gasteiger partial charge >= 0.3 is 0 Å². The summed E-state index contributed by atoms with van der Waals surface area (Å²) in [5.41, 5.74) is 3.58. The van der Waals surface area contributed by atoms with Gasteiger partial charge in [-0.3, -0.25) is 43.5 Å². The molecule has 0 bridgehead atoms. The number of benzene rings is 9. The molecule has 9 aromatic rings. The first-order valence-corrected chi connectivity index (χ1v) is 24.1. The number of rotatable bonds is 13. The molecule has 6 amide bonds. The van der Waals surface area contributed by atoms with E-state index in [1.807, 2.05) is 152 Å². The highest BCUT2D eigenvalue weighted by Gasteiger charge is 2.36. The fraction of sp³-hybridized carbons (Fsp3) is 0.186. The molecule has 0 unspecified atom stereocenters. The smallest absolute Gasteiger partial charge is 0.262 e. The number of fused-ring (bicyclic) bond motifs is 6. The van der Waals surface area contributed by atoms with E-state index in [0.717, 1.165) is 71.1 Å². The van der Waals surface area contributed by atoms with E-state index in [1.165, 1.54) is 14.7 Å². The van der Waals surface area contributed by atoms with Crippen LogP contribution < -0.4 is 10.6 Å². The molecule has 3 heterocycles. The van der Waals surface area contributed by atoms with Crippen molar-refractivity contribution in [3.8, 4) is 0 Å². The van der Waals surface area contributed by atoms with Gasteiger partial charge in [0.25, 0.3) is 35.4 Å². The van der Waals surface area contributed by atoms with E-state index in [-0.39, 0.29) is 48.5 Å². The third kappa shape index (κ3) is 7.86. The summed E-state index contributed by atoms with van der Waals surface area (Å²) < 4.78 is 0. The highest BCUT2D eigenvalue weighted by atomic mass is 16.2. The largest absolute Gasteiger partial charge is 0.315 e. The Balaban J connectivity index is 0.000000191. The van der Waals surface area contributed by atoms with Crippen molar-refractivity contribution in [2.45, 2.75) is 6.42 Å². The number of carbonyl (C=O) groups excluding carboxylic acids is 6. The number of likely N-dealkylation sites (N-methyl/N-ethyl adjacent to an activating group) is 1. The van der Waals surface area contributed by atoms with Crippen LogP contribution in [0.5, 0.6) is 0 Å². The molecule has 0 aromatic heterocycles. The van der Waals surface area contributed by atoms with E-state index < -0.39 is 0 Å². The normalized spacial score (nSPS) is 14.3. The summed E-state index contributed by atoms with van der Waals surface area (Å²) in [6.45, 7) is 3.89. The van der Waals surface area contributed by atoms with Crippen molar-refractivity contribution in [2.24, 2.45) is 0 Å². The monoisotopic (exact) mass is 938 g/mol. The van der Waals surface area contributed by atoms with Gasteiger partial charge in [0.2, 0.25) is 0 Å². The van der Waals surface area contributed by atoms with Crippen LogP contribution in [-0.4, -0.2) is 121 Å². The quantitative estimate of drug-likeness (QED) is 0.0659. The van der Waals surface area contributed by atoms with E-state index >= 15 is 0 Å². The van der Waals surface area contributed by atoms with Crippen molar-refractivity contribution in [1.29, 1.82) is 0 Å². The van der Waals surface area contributed by atoms with E-state index in [1.54, 1.807) is 12.1 Å². The van der Waals surface area contributed by atoms with Crippen LogP contribution in [0.15, 0.2) is 146 Å². The summed E-state index contributed by atoms with van der Waals surface area (Å²) in [5, 5.41) is 17.3. The lowest BCUT2D eigenvalue weighted by Gasteiger charge is -2.29. The molecule has 0 spiro atoms. The standard InChI is InChI=1S/C39H32N4O4.C20H18N2O2/c44-36-30-14-5-10-26-22-24-8-1-3-12-28(24)34(32(26)30)38(46)42(36)20-18-40-16-7-17-41-19-21-43-37(45)31-15-6-11-27-23-25-9-2-4-13-29(25)35(33(27)31)39(43)47;1-21(2)10-11-22-19(23)16-9-5-7-14-12-13-6-3-4-8-15(13)18(17(14)16)20(22)24/h1-6,8-15,22-23,40-41H,7,16-21H2;3-9,12H,10-11H2,1-2H3. The lowest BCUT2D eigenvalue weighted by Crippen LogP contribution is -2.44. The third-order valence-corrected chi connectivity index (χ3v) is 14.0. The first-order valence-electron chi connectivity index (χ1n) is 24.1. The molecule has 0 aliphatic carbocycles. The Hall–Kier alpha value is -8.16. The highest BCUT2D eigenvalue weighted by molar-refractivity contribution is 6.32. The zero-order valence-electron chi connectivity index (χ0n) is 39.5. The molecule has 12 rings (SSSR count). The first-order chi connectivity index (χ1) is 34.6. The first kappa shape index (κ1) is 45.3. The van der Waals surface area contributed by atoms with Gasteiger partial charge in [-0.15, -0.1) is 0 Å². The topological polar surface area (TPSA) is 139 Å². The molecule has 0 radical (unpaired) electrons. The molecular formula is C59H50N6O6. The van der Waals surface area contributed by atoms with E-state index in [9.17, 15) is 28.8 Å². The van der Waals surface area contributed by atoms with Gasteiger partial charge in [-0.2, -0.15) is 0 Å². The number of amides is 6. The molecule has 0 saturated heterocycles. The third-order valence-electron chi connectivity index (χ3n) is 14.0. The lowest BCUT2D eigenvalue weighted by molar-refractivity contribution is 0.0590. The van der Waals surface area contributed by atoms with Gasteiger partial charge in [0.05, 0.1) is 16.7 Å². The van der Waals surface area contributed by atoms with Crippen molar-refractivity contribution >= 4 is 100 Å². The molecule has 71 heavy (non-hydrogen) atoms. The maximum atomic E-state index is 13.6. The Morgan fingerprint density at radius 1 is 0.366 bits per heavy atom. The second-order valence-electron chi connectivity index (χ2n) is 18.6. The number of imide groups is 3. The molecule has 9 aromatic carbocycles. The molecule has 2 N–H and O–H groups in total. The molecular weight excluding hydrogens is 889 g/mol. The molecule has 0 fully saturated rings. The van der Waals surface area contributed by atoms with Gasteiger partial charge < -0.3 is 15.5 Å². The highest BCUT2D eigenvalue weighted by Crippen LogP contribution is 2.38. The van der Waals surface area contributed by atoms with Gasteiger partial charge in [-0.25, -0.2) is 0 Å². The van der Waals surface area contributed by atoms with Gasteiger partial charge in [0.15, 0.2) is 0 Å². The van der Waals surface area contributed by atoms with Crippen LogP contribution in [-0.2, 0) is 0 Å². The Morgan fingerprint density at radius 3 is 1.04 bits per heavy atom. The molecule has 3 aliphatic heterocycles. The molecule has 12 nitrogen and oxygen atoms in total. The zero-order valence-corrected chi connectivity index (χ0v) is 39.5. The minimum absolute atomic E-state index is 0.192. The molecule has 12 heteroatoms. The minimum Gasteiger partial charge on any atom is -0.315 e. The summed E-state index contributed by atoms with van der Waals surface area (Å²) in [7, 11) is 3.87. The average molecular weight is 939 g/mol. The van der Waals surface area contributed by atoms with Gasteiger partial charge in [0, 0.05) is 72.1 Å². The summed E-state index contributed by atoms with van der Waals surface area (Å²) in [6, 6.07) is 46.5. The fourth-order valence-corrected chi connectivity index (χ4v) is 10.6. The SMILES string of the molecule is CN(C)CCN1C(=O)c2cccc3cc4ccccc4c(c23)C1=O.O=C1c2cccc3cc4ccccc4c(c23)C(=O)N1CCNCCCNCCN1C(=O)c2cccc3cc4ccccc4c(c23)C1=O. The second kappa shape index (κ2) is 18.6. The van der Waals surface area contributed by atoms with Gasteiger partial charge in [0.1, 0.15) is 0 Å². The van der Waals surface area contributed by atoms with E-state index in [0.29, 0.717) is 72.6 Å². The Morgan fingerprint density at radius 2 is 0.690 bits per heavy atom. The summed E-state index contributed by atoms with van der Waals surface area (Å²) in [5.74, 6) is -1.43. The van der Waals surface area contributed by atoms with Gasteiger partial charge in [-0.05, 0) is 118 Å². The van der Waals surface area contributed by atoms with Crippen LogP contribution in [0, 0.1) is 0 Å². The van der Waals surface area contributed by atoms with E-state index in [4.69, 9.17) is 0 Å².